The highest BCUT2D eigenvalue weighted by Crippen LogP contribution is 2.27. The molecule has 2 aromatic rings. The molecule has 7 nitrogen and oxygen atoms in total. The van der Waals surface area contributed by atoms with Crippen molar-refractivity contribution < 1.29 is 16.8 Å². The molecule has 2 aliphatic rings. The summed E-state index contributed by atoms with van der Waals surface area (Å²) >= 11 is 5.73. The summed E-state index contributed by atoms with van der Waals surface area (Å²) in [5.74, 6) is 0. The Morgan fingerprint density at radius 2 is 1.31 bits per heavy atom. The number of piperazine rings is 1. The number of nitrogens with zero attached hydrogens (tertiary/aromatic N) is 3. The molecule has 29 heavy (non-hydrogen) atoms. The summed E-state index contributed by atoms with van der Waals surface area (Å²) in [5, 5.41) is 0.213. The van der Waals surface area contributed by atoms with Gasteiger partial charge in [0, 0.05) is 32.4 Å². The molecule has 0 bridgehead atoms. The Balaban J connectivity index is 1.49. The zero-order valence-electron chi connectivity index (χ0n) is 15.8. The molecule has 10 heteroatoms. The van der Waals surface area contributed by atoms with Gasteiger partial charge < -0.3 is 0 Å². The third kappa shape index (κ3) is 4.06. The third-order valence-corrected chi connectivity index (χ3v) is 9.49. The van der Waals surface area contributed by atoms with Crippen LogP contribution in [0.5, 0.6) is 0 Å². The number of hydrogen-bond acceptors (Lipinski definition) is 5. The topological polar surface area (TPSA) is 87.7 Å². The zero-order chi connectivity index (χ0) is 20.6. The molecule has 0 saturated carbocycles. The Hall–Kier alpha value is -1.52. The van der Waals surface area contributed by atoms with Crippen molar-refractivity contribution in [2.24, 2.45) is 0 Å². The number of pyridine rings is 1. The summed E-state index contributed by atoms with van der Waals surface area (Å²) in [4.78, 5) is 4.16. The van der Waals surface area contributed by atoms with E-state index in [2.05, 4.69) is 4.98 Å². The number of rotatable bonds is 4. The Morgan fingerprint density at radius 1 is 0.759 bits per heavy atom. The monoisotopic (exact) mass is 455 g/mol. The fraction of sp³-hybridized carbons (Fsp3) is 0.421. The van der Waals surface area contributed by atoms with Gasteiger partial charge in [0.25, 0.3) is 0 Å². The number of aromatic nitrogens is 1. The molecular formula is C19H22ClN3O4S2. The minimum absolute atomic E-state index is 0.0490. The van der Waals surface area contributed by atoms with Crippen LogP contribution in [-0.4, -0.2) is 56.6 Å². The highest BCUT2D eigenvalue weighted by molar-refractivity contribution is 7.89. The normalized spacial score (nSPS) is 19.1. The smallest absolute Gasteiger partial charge is 0.243 e. The van der Waals surface area contributed by atoms with Crippen LogP contribution >= 0.6 is 11.6 Å². The Kier molecular flexibility index (Phi) is 5.69. The average molecular weight is 456 g/mol. The predicted octanol–water partition coefficient (Wildman–Crippen LogP) is 2.31. The molecule has 1 aliphatic heterocycles. The number of benzene rings is 1. The van der Waals surface area contributed by atoms with E-state index >= 15 is 0 Å². The highest BCUT2D eigenvalue weighted by Gasteiger charge is 2.34. The maximum atomic E-state index is 13.1. The number of halogens is 1. The van der Waals surface area contributed by atoms with E-state index in [-0.39, 0.29) is 41.1 Å². The molecule has 2 heterocycles. The van der Waals surface area contributed by atoms with E-state index < -0.39 is 20.0 Å². The maximum absolute atomic E-state index is 13.1. The van der Waals surface area contributed by atoms with Crippen LogP contribution in [0.2, 0.25) is 5.15 Å². The van der Waals surface area contributed by atoms with Gasteiger partial charge in [-0.2, -0.15) is 8.61 Å². The minimum atomic E-state index is -3.73. The van der Waals surface area contributed by atoms with Crippen LogP contribution in [0, 0.1) is 0 Å². The lowest BCUT2D eigenvalue weighted by atomic mass is 9.92. The fourth-order valence-corrected chi connectivity index (χ4v) is 6.79. The summed E-state index contributed by atoms with van der Waals surface area (Å²) in [6, 6.07) is 8.19. The largest absolute Gasteiger partial charge is 0.244 e. The second-order valence-electron chi connectivity index (χ2n) is 7.26. The van der Waals surface area contributed by atoms with Crippen LogP contribution in [0.3, 0.4) is 0 Å². The van der Waals surface area contributed by atoms with Crippen molar-refractivity contribution in [2.75, 3.05) is 26.2 Å². The van der Waals surface area contributed by atoms with Crippen LogP contribution in [0.25, 0.3) is 0 Å². The van der Waals surface area contributed by atoms with Crippen LogP contribution in [-0.2, 0) is 32.9 Å². The van der Waals surface area contributed by atoms with Gasteiger partial charge in [-0.15, -0.1) is 0 Å². The molecule has 156 valence electrons. The second-order valence-corrected chi connectivity index (χ2v) is 11.5. The lowest BCUT2D eigenvalue weighted by molar-refractivity contribution is 0.272. The zero-order valence-corrected chi connectivity index (χ0v) is 18.2. The summed E-state index contributed by atoms with van der Waals surface area (Å²) in [5.41, 5.74) is 2.33. The van der Waals surface area contributed by atoms with Gasteiger partial charge >= 0.3 is 0 Å². The van der Waals surface area contributed by atoms with Crippen LogP contribution in [0.15, 0.2) is 46.3 Å². The molecule has 0 N–H and O–H groups in total. The van der Waals surface area contributed by atoms with Crippen molar-refractivity contribution >= 4 is 31.6 Å². The summed E-state index contributed by atoms with van der Waals surface area (Å²) in [7, 11) is -7.39. The predicted molar refractivity (Wildman–Crippen MR) is 110 cm³/mol. The quantitative estimate of drug-likeness (QED) is 0.660. The molecule has 0 radical (unpaired) electrons. The first-order chi connectivity index (χ1) is 13.8. The fourth-order valence-electron chi connectivity index (χ4n) is 3.83. The number of sulfonamides is 2. The van der Waals surface area contributed by atoms with Gasteiger partial charge in [-0.1, -0.05) is 17.7 Å². The summed E-state index contributed by atoms with van der Waals surface area (Å²) < 4.78 is 54.3. The Morgan fingerprint density at radius 3 is 1.90 bits per heavy atom. The summed E-state index contributed by atoms with van der Waals surface area (Å²) in [6.07, 6.45) is 5.32. The Bertz CT molecular complexity index is 1110. The molecule has 0 atom stereocenters. The first-order valence-electron chi connectivity index (χ1n) is 9.52. The van der Waals surface area contributed by atoms with E-state index in [0.29, 0.717) is 0 Å². The highest BCUT2D eigenvalue weighted by atomic mass is 35.5. The van der Waals surface area contributed by atoms with Crippen LogP contribution in [0.4, 0.5) is 0 Å². The Labute approximate surface area is 176 Å². The van der Waals surface area contributed by atoms with Crippen molar-refractivity contribution in [1.29, 1.82) is 0 Å². The molecule has 0 amide bonds. The minimum Gasteiger partial charge on any atom is -0.243 e. The van der Waals surface area contributed by atoms with E-state index in [0.717, 1.165) is 31.2 Å². The second kappa shape index (κ2) is 7.96. The van der Waals surface area contributed by atoms with Crippen molar-refractivity contribution in [3.05, 3.63) is 52.8 Å². The van der Waals surface area contributed by atoms with Crippen molar-refractivity contribution in [3.8, 4) is 0 Å². The molecule has 0 unspecified atom stereocenters. The van der Waals surface area contributed by atoms with Gasteiger partial charge in [0.15, 0.2) is 0 Å². The third-order valence-electron chi connectivity index (χ3n) is 5.49. The molecule has 1 aromatic carbocycles. The lowest BCUT2D eigenvalue weighted by Gasteiger charge is -2.33. The molecular weight excluding hydrogens is 434 g/mol. The van der Waals surface area contributed by atoms with Gasteiger partial charge in [-0.05, 0) is 61.1 Å². The number of hydrogen-bond donors (Lipinski definition) is 0. The molecule has 0 spiro atoms. The van der Waals surface area contributed by atoms with E-state index in [4.69, 9.17) is 11.6 Å². The van der Waals surface area contributed by atoms with Crippen LogP contribution < -0.4 is 0 Å². The molecule has 1 saturated heterocycles. The first kappa shape index (κ1) is 20.7. The molecule has 1 fully saturated rings. The number of fused-ring (bicyclic) bond motifs is 1. The molecule has 1 aliphatic carbocycles. The van der Waals surface area contributed by atoms with E-state index in [1.165, 1.54) is 32.5 Å². The van der Waals surface area contributed by atoms with E-state index in [1.54, 1.807) is 12.1 Å². The van der Waals surface area contributed by atoms with Gasteiger partial charge in [-0.3, -0.25) is 0 Å². The van der Waals surface area contributed by atoms with Gasteiger partial charge in [0.1, 0.15) is 10.0 Å². The SMILES string of the molecule is O=S(=O)(c1ccc(Cl)nc1)N1CCN(S(=O)(=O)c2ccc3c(c2)CCCC3)CC1. The van der Waals surface area contributed by atoms with E-state index in [1.807, 2.05) is 6.07 Å². The molecule has 4 rings (SSSR count). The first-order valence-corrected chi connectivity index (χ1v) is 12.8. The standard InChI is InChI=1S/C19H22ClN3O4S2/c20-19-8-7-18(14-21-19)29(26,27)23-11-9-22(10-12-23)28(24,25)17-6-5-15-3-1-2-4-16(15)13-17/h5-8,13-14H,1-4,9-12H2. The van der Waals surface area contributed by atoms with Gasteiger partial charge in [0.2, 0.25) is 20.0 Å². The van der Waals surface area contributed by atoms with Gasteiger partial charge in [-0.25, -0.2) is 21.8 Å². The number of aryl methyl sites for hydroxylation is 2. The average Bonchev–Trinajstić information content (AvgIpc) is 2.74. The summed E-state index contributed by atoms with van der Waals surface area (Å²) in [6.45, 7) is 0.406. The lowest BCUT2D eigenvalue weighted by Crippen LogP contribution is -2.50. The van der Waals surface area contributed by atoms with E-state index in [9.17, 15) is 16.8 Å². The van der Waals surface area contributed by atoms with Crippen molar-refractivity contribution in [2.45, 2.75) is 35.5 Å². The molecule has 1 aromatic heterocycles. The van der Waals surface area contributed by atoms with Crippen LogP contribution in [0.1, 0.15) is 24.0 Å². The maximum Gasteiger partial charge on any atom is 0.244 e. The van der Waals surface area contributed by atoms with Gasteiger partial charge in [0.05, 0.1) is 4.90 Å². The van der Waals surface area contributed by atoms with Crippen molar-refractivity contribution in [1.82, 2.24) is 13.6 Å². The van der Waals surface area contributed by atoms with Crippen molar-refractivity contribution in [3.63, 3.8) is 0 Å².